The van der Waals surface area contributed by atoms with Gasteiger partial charge in [0.15, 0.2) is 0 Å². The molecule has 1 aromatic carbocycles. The van der Waals surface area contributed by atoms with Gasteiger partial charge in [-0.3, -0.25) is 9.78 Å². The van der Waals surface area contributed by atoms with Gasteiger partial charge in [-0.1, -0.05) is 19.0 Å². The molecule has 3 heterocycles. The number of amides is 1. The molecule has 134 valence electrons. The van der Waals surface area contributed by atoms with Crippen molar-refractivity contribution in [3.8, 4) is 0 Å². The Kier molecular flexibility index (Phi) is 4.32. The Balaban J connectivity index is 1.66. The number of carbonyl (C=O) groups excluding carboxylic acids is 1. The SMILES string of the molecule is CC(C)c1cc(C(=O)Nc2ccc(N3CCCC3)c3ncccc23)on1. The molecular formula is C20H22N4O2. The third-order valence-electron chi connectivity index (χ3n) is 4.79. The topological polar surface area (TPSA) is 71.3 Å². The van der Waals surface area contributed by atoms with Crippen molar-refractivity contribution in [2.75, 3.05) is 23.3 Å². The van der Waals surface area contributed by atoms with Crippen LogP contribution in [0.15, 0.2) is 41.1 Å². The van der Waals surface area contributed by atoms with Gasteiger partial charge in [-0.2, -0.15) is 0 Å². The summed E-state index contributed by atoms with van der Waals surface area (Å²) in [5.74, 6) is 0.128. The highest BCUT2D eigenvalue weighted by Crippen LogP contribution is 2.32. The largest absolute Gasteiger partial charge is 0.370 e. The lowest BCUT2D eigenvalue weighted by Crippen LogP contribution is -2.18. The fourth-order valence-electron chi connectivity index (χ4n) is 3.33. The second-order valence-corrected chi connectivity index (χ2v) is 6.95. The molecule has 1 fully saturated rings. The molecule has 1 aliphatic rings. The van der Waals surface area contributed by atoms with E-state index in [9.17, 15) is 4.79 Å². The Morgan fingerprint density at radius 1 is 1.23 bits per heavy atom. The van der Waals surface area contributed by atoms with E-state index >= 15 is 0 Å². The van der Waals surface area contributed by atoms with Crippen LogP contribution in [0.25, 0.3) is 10.9 Å². The van der Waals surface area contributed by atoms with E-state index in [1.54, 1.807) is 12.3 Å². The summed E-state index contributed by atoms with van der Waals surface area (Å²) in [4.78, 5) is 19.5. The standard InChI is InChI=1S/C20H22N4O2/c1-13(2)16-12-18(26-23-16)20(25)22-15-7-8-17(24-10-3-4-11-24)19-14(15)6-5-9-21-19/h5-9,12-13H,3-4,10-11H2,1-2H3,(H,22,25). The number of hydrogen-bond donors (Lipinski definition) is 1. The van der Waals surface area contributed by atoms with E-state index in [0.29, 0.717) is 0 Å². The summed E-state index contributed by atoms with van der Waals surface area (Å²) in [6.45, 7) is 6.12. The molecular weight excluding hydrogens is 328 g/mol. The molecule has 6 heteroatoms. The van der Waals surface area contributed by atoms with Gasteiger partial charge < -0.3 is 14.7 Å². The normalized spacial score (nSPS) is 14.3. The summed E-state index contributed by atoms with van der Waals surface area (Å²) in [5.41, 5.74) is 3.53. The van der Waals surface area contributed by atoms with Crippen LogP contribution in [-0.4, -0.2) is 29.1 Å². The van der Waals surface area contributed by atoms with Crippen molar-refractivity contribution >= 4 is 28.2 Å². The molecule has 0 unspecified atom stereocenters. The zero-order valence-corrected chi connectivity index (χ0v) is 15.0. The van der Waals surface area contributed by atoms with Crippen LogP contribution in [0.5, 0.6) is 0 Å². The smallest absolute Gasteiger partial charge is 0.294 e. The van der Waals surface area contributed by atoms with Crippen molar-refractivity contribution in [3.05, 3.63) is 48.0 Å². The Morgan fingerprint density at radius 2 is 2.04 bits per heavy atom. The molecule has 2 aromatic heterocycles. The number of fused-ring (bicyclic) bond motifs is 1. The molecule has 4 rings (SSSR count). The number of nitrogens with zero attached hydrogens (tertiary/aromatic N) is 3. The van der Waals surface area contributed by atoms with E-state index in [4.69, 9.17) is 4.52 Å². The zero-order chi connectivity index (χ0) is 18.1. The minimum atomic E-state index is -0.302. The molecule has 0 bridgehead atoms. The van der Waals surface area contributed by atoms with Crippen LogP contribution in [0.1, 0.15) is 48.9 Å². The monoisotopic (exact) mass is 350 g/mol. The van der Waals surface area contributed by atoms with Crippen molar-refractivity contribution < 1.29 is 9.32 Å². The van der Waals surface area contributed by atoms with Gasteiger partial charge in [-0.15, -0.1) is 0 Å². The average molecular weight is 350 g/mol. The quantitative estimate of drug-likeness (QED) is 0.763. The maximum atomic E-state index is 12.6. The molecule has 0 saturated carbocycles. The molecule has 3 aromatic rings. The molecule has 1 saturated heterocycles. The predicted molar refractivity (Wildman–Crippen MR) is 102 cm³/mol. The number of aromatic nitrogens is 2. The Bertz CT molecular complexity index is 942. The highest BCUT2D eigenvalue weighted by atomic mass is 16.5. The van der Waals surface area contributed by atoms with Crippen LogP contribution in [0, 0.1) is 0 Å². The van der Waals surface area contributed by atoms with Gasteiger partial charge in [0, 0.05) is 30.7 Å². The summed E-state index contributed by atoms with van der Waals surface area (Å²) in [6, 6.07) is 9.54. The fourth-order valence-corrected chi connectivity index (χ4v) is 3.33. The maximum Gasteiger partial charge on any atom is 0.294 e. The van der Waals surface area contributed by atoms with Crippen LogP contribution < -0.4 is 10.2 Å². The van der Waals surface area contributed by atoms with E-state index in [2.05, 4.69) is 20.4 Å². The predicted octanol–water partition coefficient (Wildman–Crippen LogP) is 4.20. The Hall–Kier alpha value is -2.89. The Labute approximate surface area is 152 Å². The first-order valence-electron chi connectivity index (χ1n) is 9.04. The van der Waals surface area contributed by atoms with E-state index in [-0.39, 0.29) is 17.6 Å². The lowest BCUT2D eigenvalue weighted by atomic mass is 10.1. The number of pyridine rings is 1. The van der Waals surface area contributed by atoms with Gasteiger partial charge in [0.1, 0.15) is 0 Å². The summed E-state index contributed by atoms with van der Waals surface area (Å²) < 4.78 is 5.19. The third-order valence-corrected chi connectivity index (χ3v) is 4.79. The fraction of sp³-hybridized carbons (Fsp3) is 0.350. The molecule has 0 spiro atoms. The van der Waals surface area contributed by atoms with Gasteiger partial charge in [0.2, 0.25) is 5.76 Å². The molecule has 0 atom stereocenters. The van der Waals surface area contributed by atoms with E-state index in [1.807, 2.05) is 38.1 Å². The first kappa shape index (κ1) is 16.6. The first-order valence-corrected chi connectivity index (χ1v) is 9.04. The van der Waals surface area contributed by atoms with Crippen LogP contribution in [0.4, 0.5) is 11.4 Å². The van der Waals surface area contributed by atoms with Gasteiger partial charge in [0.05, 0.1) is 22.6 Å². The third kappa shape index (κ3) is 3.03. The second-order valence-electron chi connectivity index (χ2n) is 6.95. The van der Waals surface area contributed by atoms with Gasteiger partial charge in [-0.05, 0) is 43.0 Å². The second kappa shape index (κ2) is 6.78. The average Bonchev–Trinajstić information content (AvgIpc) is 3.34. The molecule has 0 radical (unpaired) electrons. The molecule has 1 aliphatic heterocycles. The number of anilines is 2. The molecule has 6 nitrogen and oxygen atoms in total. The summed E-state index contributed by atoms with van der Waals surface area (Å²) in [7, 11) is 0. The summed E-state index contributed by atoms with van der Waals surface area (Å²) in [5, 5.41) is 7.82. The Morgan fingerprint density at radius 3 is 2.77 bits per heavy atom. The van der Waals surface area contributed by atoms with Gasteiger partial charge in [-0.25, -0.2) is 0 Å². The zero-order valence-electron chi connectivity index (χ0n) is 15.0. The van der Waals surface area contributed by atoms with Gasteiger partial charge in [0.25, 0.3) is 5.91 Å². The van der Waals surface area contributed by atoms with Crippen LogP contribution >= 0.6 is 0 Å². The first-order chi connectivity index (χ1) is 12.6. The summed E-state index contributed by atoms with van der Waals surface area (Å²) in [6.07, 6.45) is 4.20. The number of carbonyl (C=O) groups is 1. The number of nitrogens with one attached hydrogen (secondary N) is 1. The van der Waals surface area contributed by atoms with Gasteiger partial charge >= 0.3 is 0 Å². The van der Waals surface area contributed by atoms with E-state index in [1.165, 1.54) is 12.8 Å². The van der Waals surface area contributed by atoms with Crippen LogP contribution in [-0.2, 0) is 0 Å². The van der Waals surface area contributed by atoms with E-state index in [0.717, 1.165) is 41.1 Å². The molecule has 1 N–H and O–H groups in total. The van der Waals surface area contributed by atoms with Crippen LogP contribution in [0.3, 0.4) is 0 Å². The number of benzene rings is 1. The van der Waals surface area contributed by atoms with Crippen molar-refractivity contribution in [1.29, 1.82) is 0 Å². The molecule has 1 amide bonds. The van der Waals surface area contributed by atoms with E-state index < -0.39 is 0 Å². The number of hydrogen-bond acceptors (Lipinski definition) is 5. The number of rotatable bonds is 4. The summed E-state index contributed by atoms with van der Waals surface area (Å²) >= 11 is 0. The maximum absolute atomic E-state index is 12.6. The molecule has 0 aliphatic carbocycles. The van der Waals surface area contributed by atoms with Crippen LogP contribution in [0.2, 0.25) is 0 Å². The van der Waals surface area contributed by atoms with Crippen molar-refractivity contribution in [3.63, 3.8) is 0 Å². The minimum absolute atomic E-state index is 0.213. The van der Waals surface area contributed by atoms with Crippen molar-refractivity contribution in [2.24, 2.45) is 0 Å². The van der Waals surface area contributed by atoms with Crippen molar-refractivity contribution in [1.82, 2.24) is 10.1 Å². The van der Waals surface area contributed by atoms with Crippen molar-refractivity contribution in [2.45, 2.75) is 32.6 Å². The highest BCUT2D eigenvalue weighted by molar-refractivity contribution is 6.09. The molecule has 26 heavy (non-hydrogen) atoms. The minimum Gasteiger partial charge on any atom is -0.370 e. The highest BCUT2D eigenvalue weighted by Gasteiger charge is 2.19. The lowest BCUT2D eigenvalue weighted by Gasteiger charge is -2.20. The lowest BCUT2D eigenvalue weighted by molar-refractivity contribution is 0.0988.